The monoisotopic (exact) mass is 387 g/mol. The molecule has 1 aromatic carbocycles. The zero-order chi connectivity index (χ0) is 18.7. The van der Waals surface area contributed by atoms with Gasteiger partial charge in [0.1, 0.15) is 5.15 Å². The number of halogens is 1. The van der Waals surface area contributed by atoms with Crippen LogP contribution in [0.4, 0.5) is 0 Å². The number of hydrogen-bond acceptors (Lipinski definition) is 5. The van der Waals surface area contributed by atoms with Gasteiger partial charge >= 0.3 is 5.97 Å². The number of aromatic nitrogens is 1. The molecule has 2 aromatic rings. The summed E-state index contributed by atoms with van der Waals surface area (Å²) in [5.74, 6) is -1.16. The second-order valence-corrected chi connectivity index (χ2v) is 6.79. The van der Waals surface area contributed by atoms with Crippen LogP contribution in [0.3, 0.4) is 0 Å². The maximum Gasteiger partial charge on any atom is 0.360 e. The Bertz CT molecular complexity index is 880. The van der Waals surface area contributed by atoms with Crippen molar-refractivity contribution in [2.75, 3.05) is 6.61 Å². The van der Waals surface area contributed by atoms with Gasteiger partial charge < -0.3 is 9.84 Å². The number of aromatic hydroxyl groups is 1. The number of nitrogens with zero attached hydrogens (tertiary/aromatic N) is 1. The number of ether oxygens (including phenoxy) is 1. The van der Waals surface area contributed by atoms with E-state index >= 15 is 0 Å². The Morgan fingerprint density at radius 2 is 2.08 bits per heavy atom. The van der Waals surface area contributed by atoms with E-state index < -0.39 is 5.97 Å². The number of allylic oxidation sites excluding steroid dienone is 1. The SMILES string of the molecule is CCCCOC(=O)c1nc(Cl)c2c(c1O)C(=S)C(c1ccccc1)C=C2. The highest BCUT2D eigenvalue weighted by molar-refractivity contribution is 7.81. The summed E-state index contributed by atoms with van der Waals surface area (Å²) in [5, 5.41) is 10.8. The highest BCUT2D eigenvalue weighted by Crippen LogP contribution is 2.39. The lowest BCUT2D eigenvalue weighted by Crippen LogP contribution is -2.18. The van der Waals surface area contributed by atoms with E-state index in [-0.39, 0.29) is 29.1 Å². The number of carbonyl (C=O) groups is 1. The van der Waals surface area contributed by atoms with Crippen molar-refractivity contribution >= 4 is 40.7 Å². The van der Waals surface area contributed by atoms with Crippen LogP contribution in [0.1, 0.15) is 52.9 Å². The van der Waals surface area contributed by atoms with Crippen LogP contribution in [0.2, 0.25) is 5.15 Å². The van der Waals surface area contributed by atoms with Crippen molar-refractivity contribution in [1.82, 2.24) is 4.98 Å². The Morgan fingerprint density at radius 3 is 2.77 bits per heavy atom. The lowest BCUT2D eigenvalue weighted by atomic mass is 9.85. The van der Waals surface area contributed by atoms with E-state index in [4.69, 9.17) is 28.6 Å². The van der Waals surface area contributed by atoms with E-state index in [1.54, 1.807) is 6.08 Å². The van der Waals surface area contributed by atoms with Crippen LogP contribution >= 0.6 is 23.8 Å². The first-order valence-electron chi connectivity index (χ1n) is 8.41. The lowest BCUT2D eigenvalue weighted by molar-refractivity contribution is 0.0489. The summed E-state index contributed by atoms with van der Waals surface area (Å²) < 4.78 is 5.16. The van der Waals surface area contributed by atoms with Crippen molar-refractivity contribution in [3.8, 4) is 5.75 Å². The van der Waals surface area contributed by atoms with Gasteiger partial charge in [0.05, 0.1) is 6.61 Å². The van der Waals surface area contributed by atoms with Crippen LogP contribution in [-0.2, 0) is 4.74 Å². The molecule has 1 heterocycles. The molecule has 1 aliphatic rings. The number of thiocarbonyl (C=S) groups is 1. The number of benzene rings is 1. The first kappa shape index (κ1) is 18.5. The van der Waals surface area contributed by atoms with E-state index in [1.165, 1.54) is 0 Å². The quantitative estimate of drug-likeness (QED) is 0.341. The molecule has 0 saturated heterocycles. The fourth-order valence-corrected chi connectivity index (χ4v) is 3.50. The van der Waals surface area contributed by atoms with Gasteiger partial charge in [0.15, 0.2) is 11.4 Å². The van der Waals surface area contributed by atoms with E-state index in [0.29, 0.717) is 16.0 Å². The number of carbonyl (C=O) groups excluding carboxylic acids is 1. The molecular formula is C20H18ClNO3S. The smallest absolute Gasteiger partial charge is 0.360 e. The van der Waals surface area contributed by atoms with Crippen LogP contribution in [0.15, 0.2) is 36.4 Å². The predicted molar refractivity (Wildman–Crippen MR) is 106 cm³/mol. The predicted octanol–water partition coefficient (Wildman–Crippen LogP) is 4.93. The molecule has 1 aromatic heterocycles. The van der Waals surface area contributed by atoms with Crippen molar-refractivity contribution in [1.29, 1.82) is 0 Å². The summed E-state index contributed by atoms with van der Waals surface area (Å²) in [5.41, 5.74) is 1.69. The number of unbranched alkanes of at least 4 members (excludes halogenated alkanes) is 1. The van der Waals surface area contributed by atoms with Crippen LogP contribution in [-0.4, -0.2) is 27.5 Å². The Morgan fingerprint density at radius 1 is 1.35 bits per heavy atom. The minimum atomic E-state index is -0.700. The molecule has 134 valence electrons. The third-order valence-corrected chi connectivity index (χ3v) is 4.98. The Balaban J connectivity index is 2.00. The van der Waals surface area contributed by atoms with E-state index in [1.807, 2.05) is 43.3 Å². The van der Waals surface area contributed by atoms with Gasteiger partial charge in [-0.15, -0.1) is 0 Å². The second kappa shape index (κ2) is 7.98. The number of hydrogen-bond donors (Lipinski definition) is 1. The Labute approximate surface area is 162 Å². The van der Waals surface area contributed by atoms with Gasteiger partial charge in [-0.25, -0.2) is 9.78 Å². The largest absolute Gasteiger partial charge is 0.505 e. The van der Waals surface area contributed by atoms with Crippen molar-refractivity contribution in [3.63, 3.8) is 0 Å². The fourth-order valence-electron chi connectivity index (χ4n) is 2.84. The average Bonchev–Trinajstić information content (AvgIpc) is 2.65. The van der Waals surface area contributed by atoms with E-state index in [0.717, 1.165) is 18.4 Å². The summed E-state index contributed by atoms with van der Waals surface area (Å²) in [6.07, 6.45) is 5.34. The van der Waals surface area contributed by atoms with Gasteiger partial charge in [-0.2, -0.15) is 0 Å². The topological polar surface area (TPSA) is 59.4 Å². The fraction of sp³-hybridized carbons (Fsp3) is 0.250. The van der Waals surface area contributed by atoms with Crippen LogP contribution in [0, 0.1) is 0 Å². The number of pyridine rings is 1. The Hall–Kier alpha value is -2.24. The molecule has 0 bridgehead atoms. The summed E-state index contributed by atoms with van der Waals surface area (Å²) in [7, 11) is 0. The van der Waals surface area contributed by atoms with Crippen molar-refractivity contribution in [2.45, 2.75) is 25.7 Å². The molecule has 3 rings (SSSR count). The molecule has 0 saturated carbocycles. The van der Waals surface area contributed by atoms with Gasteiger partial charge in [-0.1, -0.05) is 79.6 Å². The zero-order valence-corrected chi connectivity index (χ0v) is 15.8. The van der Waals surface area contributed by atoms with Gasteiger partial charge in [0.2, 0.25) is 0 Å². The lowest BCUT2D eigenvalue weighted by Gasteiger charge is -2.23. The molecule has 0 fully saturated rings. The molecule has 6 heteroatoms. The van der Waals surface area contributed by atoms with Crippen molar-refractivity contribution < 1.29 is 14.6 Å². The maximum atomic E-state index is 12.3. The van der Waals surface area contributed by atoms with Crippen LogP contribution in [0.25, 0.3) is 6.08 Å². The number of fused-ring (bicyclic) bond motifs is 1. The molecule has 0 amide bonds. The molecule has 0 radical (unpaired) electrons. The molecule has 26 heavy (non-hydrogen) atoms. The summed E-state index contributed by atoms with van der Waals surface area (Å²) in [6.45, 7) is 2.26. The summed E-state index contributed by atoms with van der Waals surface area (Å²) >= 11 is 11.9. The molecule has 0 aliphatic heterocycles. The van der Waals surface area contributed by atoms with Crippen molar-refractivity contribution in [2.24, 2.45) is 0 Å². The standard InChI is InChI=1S/C20H18ClNO3S/c1-2-3-11-25-20(24)16-17(23)15-14(19(21)22-16)10-9-13(18(15)26)12-7-5-4-6-8-12/h4-10,13,23H,2-3,11H2,1H3. The van der Waals surface area contributed by atoms with Gasteiger partial charge in [-0.3, -0.25) is 0 Å². The highest BCUT2D eigenvalue weighted by Gasteiger charge is 2.30. The normalized spacial score (nSPS) is 15.6. The van der Waals surface area contributed by atoms with Crippen LogP contribution in [0.5, 0.6) is 5.75 Å². The number of rotatable bonds is 5. The van der Waals surface area contributed by atoms with Gasteiger partial charge in [-0.05, 0) is 12.0 Å². The van der Waals surface area contributed by atoms with E-state index in [2.05, 4.69) is 4.98 Å². The van der Waals surface area contributed by atoms with Gasteiger partial charge in [0.25, 0.3) is 0 Å². The highest BCUT2D eigenvalue weighted by atomic mass is 35.5. The molecule has 1 aliphatic carbocycles. The molecule has 0 spiro atoms. The Kier molecular flexibility index (Phi) is 5.69. The first-order valence-corrected chi connectivity index (χ1v) is 9.20. The molecule has 1 atom stereocenters. The van der Waals surface area contributed by atoms with Crippen molar-refractivity contribution in [3.05, 3.63) is 63.9 Å². The minimum absolute atomic E-state index is 0.116. The molecule has 4 nitrogen and oxygen atoms in total. The number of esters is 1. The molecular weight excluding hydrogens is 370 g/mol. The molecule has 1 N–H and O–H groups in total. The minimum Gasteiger partial charge on any atom is -0.505 e. The first-order chi connectivity index (χ1) is 12.5. The second-order valence-electron chi connectivity index (χ2n) is 5.99. The maximum absolute atomic E-state index is 12.3. The third kappa shape index (κ3) is 3.50. The summed E-state index contributed by atoms with van der Waals surface area (Å²) in [4.78, 5) is 16.8. The average molecular weight is 388 g/mol. The van der Waals surface area contributed by atoms with Gasteiger partial charge in [0, 0.05) is 21.9 Å². The summed E-state index contributed by atoms with van der Waals surface area (Å²) in [6, 6.07) is 9.71. The van der Waals surface area contributed by atoms with Crippen LogP contribution < -0.4 is 0 Å². The zero-order valence-electron chi connectivity index (χ0n) is 14.2. The molecule has 1 unspecified atom stereocenters. The third-order valence-electron chi connectivity index (χ3n) is 4.23. The van der Waals surface area contributed by atoms with E-state index in [9.17, 15) is 9.90 Å².